The van der Waals surface area contributed by atoms with Crippen LogP contribution in [0.3, 0.4) is 0 Å². The van der Waals surface area contributed by atoms with E-state index in [0.29, 0.717) is 12.2 Å². The molecule has 0 aromatic rings. The minimum absolute atomic E-state index is 0.109. The molecule has 70 valence electrons. The predicted molar refractivity (Wildman–Crippen MR) is 47.6 cm³/mol. The highest BCUT2D eigenvalue weighted by Crippen LogP contribution is 2.40. The Bertz CT molecular complexity index is 279. The van der Waals surface area contributed by atoms with Gasteiger partial charge < -0.3 is 5.73 Å². The third kappa shape index (κ3) is 1.50. The van der Waals surface area contributed by atoms with Crippen LogP contribution in [-0.2, 0) is 9.84 Å². The molecule has 0 aromatic heterocycles. The molecule has 2 aliphatic rings. The van der Waals surface area contributed by atoms with Gasteiger partial charge in [0.15, 0.2) is 9.84 Å². The third-order valence-electron chi connectivity index (χ3n) is 2.99. The second-order valence-electron chi connectivity index (χ2n) is 4.20. The van der Waals surface area contributed by atoms with Gasteiger partial charge in [-0.1, -0.05) is 0 Å². The smallest absolute Gasteiger partial charge is 0.153 e. The topological polar surface area (TPSA) is 60.2 Å². The molecular weight excluding hydrogens is 174 g/mol. The van der Waals surface area contributed by atoms with Crippen LogP contribution in [0.5, 0.6) is 0 Å². The van der Waals surface area contributed by atoms with E-state index in [-0.39, 0.29) is 10.8 Å². The van der Waals surface area contributed by atoms with Gasteiger partial charge in [-0.25, -0.2) is 8.42 Å². The monoisotopic (exact) mass is 189 g/mol. The van der Waals surface area contributed by atoms with E-state index in [2.05, 4.69) is 0 Å². The van der Waals surface area contributed by atoms with E-state index < -0.39 is 9.84 Å². The fourth-order valence-corrected chi connectivity index (χ4v) is 3.92. The summed E-state index contributed by atoms with van der Waals surface area (Å²) in [4.78, 5) is 0. The lowest BCUT2D eigenvalue weighted by Gasteiger charge is -2.13. The first kappa shape index (κ1) is 8.51. The van der Waals surface area contributed by atoms with Crippen molar-refractivity contribution in [1.82, 2.24) is 0 Å². The van der Waals surface area contributed by atoms with E-state index >= 15 is 0 Å². The number of nitrogens with two attached hydrogens (primary N) is 1. The molecule has 0 bridgehead atoms. The molecular formula is C8H15NO2S. The Morgan fingerprint density at radius 1 is 1.42 bits per heavy atom. The molecule has 12 heavy (non-hydrogen) atoms. The summed E-state index contributed by atoms with van der Waals surface area (Å²) in [5.41, 5.74) is 5.77. The summed E-state index contributed by atoms with van der Waals surface area (Å²) < 4.78 is 22.8. The molecule has 1 saturated heterocycles. The van der Waals surface area contributed by atoms with Crippen LogP contribution in [0, 0.1) is 0 Å². The summed E-state index contributed by atoms with van der Waals surface area (Å²) in [6.45, 7) is 0. The Morgan fingerprint density at radius 3 is 2.50 bits per heavy atom. The summed E-state index contributed by atoms with van der Waals surface area (Å²) in [5, 5.41) is -0.120. The minimum atomic E-state index is -2.76. The van der Waals surface area contributed by atoms with E-state index in [1.54, 1.807) is 0 Å². The molecule has 0 amide bonds. The first-order valence-electron chi connectivity index (χ1n) is 4.52. The lowest BCUT2D eigenvalue weighted by Crippen LogP contribution is -2.30. The Morgan fingerprint density at radius 2 is 2.08 bits per heavy atom. The van der Waals surface area contributed by atoms with Crippen molar-refractivity contribution < 1.29 is 8.42 Å². The summed E-state index contributed by atoms with van der Waals surface area (Å²) in [5.74, 6) is 0.383. The lowest BCUT2D eigenvalue weighted by molar-refractivity contribution is 0.541. The molecule has 1 heterocycles. The van der Waals surface area contributed by atoms with Gasteiger partial charge in [0.05, 0.1) is 11.0 Å². The molecule has 3 nitrogen and oxygen atoms in total. The van der Waals surface area contributed by atoms with Gasteiger partial charge in [0, 0.05) is 5.54 Å². The molecule has 1 unspecified atom stereocenters. The van der Waals surface area contributed by atoms with E-state index in [4.69, 9.17) is 5.73 Å². The van der Waals surface area contributed by atoms with Crippen LogP contribution in [0.25, 0.3) is 0 Å². The SMILES string of the molecule is NC1(CC2CCCS2(=O)=O)CC1. The molecule has 1 aliphatic carbocycles. The number of hydrogen-bond donors (Lipinski definition) is 1. The zero-order chi connectivity index (χ0) is 8.82. The van der Waals surface area contributed by atoms with E-state index in [1.807, 2.05) is 0 Å². The molecule has 1 atom stereocenters. The van der Waals surface area contributed by atoms with Crippen LogP contribution in [-0.4, -0.2) is 25.0 Å². The van der Waals surface area contributed by atoms with Gasteiger partial charge in [-0.2, -0.15) is 0 Å². The first-order chi connectivity index (χ1) is 5.52. The Kier molecular flexibility index (Phi) is 1.74. The van der Waals surface area contributed by atoms with Gasteiger partial charge in [0.2, 0.25) is 0 Å². The van der Waals surface area contributed by atoms with Gasteiger partial charge in [0.25, 0.3) is 0 Å². The molecule has 0 aromatic carbocycles. The van der Waals surface area contributed by atoms with E-state index in [9.17, 15) is 8.42 Å². The van der Waals surface area contributed by atoms with Crippen molar-refractivity contribution in [2.24, 2.45) is 5.73 Å². The third-order valence-corrected chi connectivity index (χ3v) is 5.27. The molecule has 1 aliphatic heterocycles. The Labute approximate surface area is 73.2 Å². The second kappa shape index (κ2) is 2.45. The van der Waals surface area contributed by atoms with Gasteiger partial charge in [-0.15, -0.1) is 0 Å². The Hall–Kier alpha value is -0.0900. The fraction of sp³-hybridized carbons (Fsp3) is 1.00. The van der Waals surface area contributed by atoms with Crippen LogP contribution in [0.15, 0.2) is 0 Å². The number of rotatable bonds is 2. The van der Waals surface area contributed by atoms with Crippen LogP contribution >= 0.6 is 0 Å². The number of hydrogen-bond acceptors (Lipinski definition) is 3. The zero-order valence-corrected chi connectivity index (χ0v) is 7.94. The fourth-order valence-electron chi connectivity index (χ4n) is 1.91. The highest BCUT2D eigenvalue weighted by Gasteiger charge is 2.44. The number of sulfone groups is 1. The van der Waals surface area contributed by atoms with Crippen molar-refractivity contribution in [2.45, 2.75) is 42.9 Å². The van der Waals surface area contributed by atoms with Crippen LogP contribution in [0.4, 0.5) is 0 Å². The Balaban J connectivity index is 2.04. The van der Waals surface area contributed by atoms with Crippen LogP contribution < -0.4 is 5.73 Å². The summed E-state index contributed by atoms with van der Waals surface area (Å²) in [7, 11) is -2.76. The molecule has 1 saturated carbocycles. The maximum Gasteiger partial charge on any atom is 0.153 e. The maximum absolute atomic E-state index is 11.4. The lowest BCUT2D eigenvalue weighted by atomic mass is 10.1. The standard InChI is InChI=1S/C8H15NO2S/c9-8(3-4-8)6-7-2-1-5-12(7,10)11/h7H,1-6,9H2. The van der Waals surface area contributed by atoms with Crippen molar-refractivity contribution in [2.75, 3.05) is 5.75 Å². The molecule has 2 fully saturated rings. The average Bonchev–Trinajstić information content (AvgIpc) is 2.57. The summed E-state index contributed by atoms with van der Waals surface area (Å²) in [6.07, 6.45) is 4.40. The van der Waals surface area contributed by atoms with Crippen molar-refractivity contribution in [1.29, 1.82) is 0 Å². The van der Waals surface area contributed by atoms with Crippen molar-refractivity contribution >= 4 is 9.84 Å². The second-order valence-corrected chi connectivity index (χ2v) is 6.60. The average molecular weight is 189 g/mol. The van der Waals surface area contributed by atoms with E-state index in [0.717, 1.165) is 25.7 Å². The van der Waals surface area contributed by atoms with Crippen LogP contribution in [0.1, 0.15) is 32.1 Å². The van der Waals surface area contributed by atoms with Crippen molar-refractivity contribution in [3.8, 4) is 0 Å². The minimum Gasteiger partial charge on any atom is -0.325 e. The van der Waals surface area contributed by atoms with Gasteiger partial charge in [0.1, 0.15) is 0 Å². The maximum atomic E-state index is 11.4. The highest BCUT2D eigenvalue weighted by molar-refractivity contribution is 7.92. The molecule has 4 heteroatoms. The zero-order valence-electron chi connectivity index (χ0n) is 7.12. The summed E-state index contributed by atoms with van der Waals surface area (Å²) in [6, 6.07) is 0. The van der Waals surface area contributed by atoms with Crippen molar-refractivity contribution in [3.05, 3.63) is 0 Å². The predicted octanol–water partition coefficient (Wildman–Crippen LogP) is 0.445. The van der Waals surface area contributed by atoms with E-state index in [1.165, 1.54) is 0 Å². The molecule has 2 N–H and O–H groups in total. The van der Waals surface area contributed by atoms with Crippen molar-refractivity contribution in [3.63, 3.8) is 0 Å². The first-order valence-corrected chi connectivity index (χ1v) is 6.24. The quantitative estimate of drug-likeness (QED) is 0.686. The van der Waals surface area contributed by atoms with Crippen LogP contribution in [0.2, 0.25) is 0 Å². The summed E-state index contributed by atoms with van der Waals surface area (Å²) >= 11 is 0. The molecule has 2 rings (SSSR count). The van der Waals surface area contributed by atoms with Gasteiger partial charge in [-0.05, 0) is 32.1 Å². The largest absolute Gasteiger partial charge is 0.325 e. The van der Waals surface area contributed by atoms with Gasteiger partial charge in [-0.3, -0.25) is 0 Å². The molecule has 0 radical (unpaired) electrons. The van der Waals surface area contributed by atoms with Gasteiger partial charge >= 0.3 is 0 Å². The highest BCUT2D eigenvalue weighted by atomic mass is 32.2. The molecule has 0 spiro atoms. The normalized spacial score (nSPS) is 36.6.